The van der Waals surface area contributed by atoms with Gasteiger partial charge in [0.05, 0.1) is 24.2 Å². The number of hydrogen-bond acceptors (Lipinski definition) is 6. The van der Waals surface area contributed by atoms with Gasteiger partial charge in [-0.25, -0.2) is 9.67 Å². The molecule has 0 saturated carbocycles. The molecule has 2 heterocycles. The molecule has 10 nitrogen and oxygen atoms in total. The van der Waals surface area contributed by atoms with Gasteiger partial charge in [0.15, 0.2) is 5.65 Å². The zero-order chi connectivity index (χ0) is 23.9. The number of benzene rings is 2. The van der Waals surface area contributed by atoms with Crippen molar-refractivity contribution < 1.29 is 9.72 Å². The van der Waals surface area contributed by atoms with Crippen LogP contribution in [-0.2, 0) is 24.3 Å². The zero-order valence-electron chi connectivity index (χ0n) is 18.5. The number of aryl methyl sites for hydroxylation is 1. The van der Waals surface area contributed by atoms with Gasteiger partial charge < -0.3 is 5.32 Å². The summed E-state index contributed by atoms with van der Waals surface area (Å²) in [6, 6.07) is 16.2. The van der Waals surface area contributed by atoms with Crippen LogP contribution in [0.25, 0.3) is 11.0 Å². The molecule has 1 amide bonds. The van der Waals surface area contributed by atoms with Crippen LogP contribution in [0.1, 0.15) is 24.0 Å². The topological polar surface area (TPSA) is 125 Å². The summed E-state index contributed by atoms with van der Waals surface area (Å²) in [7, 11) is 0. The van der Waals surface area contributed by atoms with E-state index in [1.54, 1.807) is 16.8 Å². The molecule has 0 fully saturated rings. The van der Waals surface area contributed by atoms with E-state index in [0.717, 1.165) is 12.8 Å². The third-order valence-electron chi connectivity index (χ3n) is 5.45. The van der Waals surface area contributed by atoms with Crippen molar-refractivity contribution in [1.82, 2.24) is 24.6 Å². The van der Waals surface area contributed by atoms with Gasteiger partial charge in [0.2, 0.25) is 5.91 Å². The lowest BCUT2D eigenvalue weighted by Gasteiger charge is -2.08. The average molecular weight is 460 g/mol. The van der Waals surface area contributed by atoms with Crippen molar-refractivity contribution in [2.45, 2.75) is 32.4 Å². The van der Waals surface area contributed by atoms with Crippen molar-refractivity contribution >= 4 is 22.6 Å². The number of nitrogens with zero attached hydrogens (tertiary/aromatic N) is 5. The number of nitrogens with one attached hydrogen (secondary N) is 1. The summed E-state index contributed by atoms with van der Waals surface area (Å²) in [6.45, 7) is 0.919. The van der Waals surface area contributed by atoms with Gasteiger partial charge in [0, 0.05) is 25.1 Å². The lowest BCUT2D eigenvalue weighted by atomic mass is 10.1. The van der Waals surface area contributed by atoms with Gasteiger partial charge in [-0.15, -0.1) is 0 Å². The van der Waals surface area contributed by atoms with E-state index in [-0.39, 0.29) is 23.7 Å². The van der Waals surface area contributed by atoms with Crippen molar-refractivity contribution in [3.05, 3.63) is 98.7 Å². The highest BCUT2D eigenvalue weighted by molar-refractivity contribution is 5.76. The Morgan fingerprint density at radius 2 is 1.88 bits per heavy atom. The van der Waals surface area contributed by atoms with Crippen LogP contribution in [0.15, 0.2) is 71.9 Å². The molecule has 0 radical (unpaired) electrons. The summed E-state index contributed by atoms with van der Waals surface area (Å²) in [6.07, 6.45) is 4.92. The normalized spacial score (nSPS) is 10.9. The van der Waals surface area contributed by atoms with E-state index in [1.165, 1.54) is 34.8 Å². The smallest absolute Gasteiger partial charge is 0.269 e. The Hall–Kier alpha value is -4.34. The Labute approximate surface area is 195 Å². The lowest BCUT2D eigenvalue weighted by Crippen LogP contribution is -2.27. The number of rotatable bonds is 10. The maximum Gasteiger partial charge on any atom is 0.269 e. The van der Waals surface area contributed by atoms with E-state index in [1.807, 2.05) is 30.3 Å². The number of aromatic nitrogens is 4. The predicted molar refractivity (Wildman–Crippen MR) is 126 cm³/mol. The van der Waals surface area contributed by atoms with Crippen molar-refractivity contribution in [1.29, 1.82) is 0 Å². The molecule has 0 atom stereocenters. The molecule has 0 spiro atoms. The van der Waals surface area contributed by atoms with Crippen LogP contribution < -0.4 is 10.9 Å². The number of carbonyl (C=O) groups is 1. The van der Waals surface area contributed by atoms with Crippen LogP contribution in [0.5, 0.6) is 0 Å². The highest BCUT2D eigenvalue weighted by Gasteiger charge is 2.12. The molecule has 0 aliphatic rings. The van der Waals surface area contributed by atoms with Gasteiger partial charge in [-0.3, -0.25) is 24.3 Å². The summed E-state index contributed by atoms with van der Waals surface area (Å²) in [4.78, 5) is 39.8. The van der Waals surface area contributed by atoms with Crippen LogP contribution in [0.3, 0.4) is 0 Å². The Balaban J connectivity index is 1.33. The van der Waals surface area contributed by atoms with Crippen LogP contribution in [0, 0.1) is 10.1 Å². The summed E-state index contributed by atoms with van der Waals surface area (Å²) in [5.74, 6) is -0.0281. The summed E-state index contributed by atoms with van der Waals surface area (Å²) in [5.41, 5.74) is 1.95. The molecule has 2 aromatic carbocycles. The first-order valence-electron chi connectivity index (χ1n) is 11.0. The highest BCUT2D eigenvalue weighted by atomic mass is 16.6. The van der Waals surface area contributed by atoms with Crippen molar-refractivity contribution in [3.63, 3.8) is 0 Å². The van der Waals surface area contributed by atoms with E-state index < -0.39 is 4.92 Å². The van der Waals surface area contributed by atoms with Crippen molar-refractivity contribution in [2.75, 3.05) is 6.54 Å². The van der Waals surface area contributed by atoms with Gasteiger partial charge >= 0.3 is 0 Å². The highest BCUT2D eigenvalue weighted by Crippen LogP contribution is 2.14. The molecule has 0 unspecified atom stereocenters. The molecule has 34 heavy (non-hydrogen) atoms. The maximum atomic E-state index is 12.8. The molecule has 2 aromatic heterocycles. The fraction of sp³-hybridized carbons (Fsp3) is 0.250. The zero-order valence-corrected chi connectivity index (χ0v) is 18.5. The largest absolute Gasteiger partial charge is 0.354 e. The fourth-order valence-corrected chi connectivity index (χ4v) is 3.73. The van der Waals surface area contributed by atoms with Gasteiger partial charge in [-0.1, -0.05) is 42.5 Å². The SMILES string of the molecule is O=C(CCCc1ccccc1)NCCn1ncc2c(=O)n(Cc3cccc([N+](=O)[O-])c3)cnc21. The van der Waals surface area contributed by atoms with Gasteiger partial charge in [0.25, 0.3) is 11.2 Å². The van der Waals surface area contributed by atoms with Crippen LogP contribution >= 0.6 is 0 Å². The third-order valence-corrected chi connectivity index (χ3v) is 5.45. The maximum absolute atomic E-state index is 12.8. The second kappa shape index (κ2) is 10.5. The Morgan fingerprint density at radius 1 is 1.09 bits per heavy atom. The number of nitro benzene ring substituents is 1. The van der Waals surface area contributed by atoms with E-state index in [9.17, 15) is 19.7 Å². The quantitative estimate of drug-likeness (QED) is 0.287. The molecular formula is C24H24N6O4. The summed E-state index contributed by atoms with van der Waals surface area (Å²) < 4.78 is 2.97. The number of non-ortho nitro benzene ring substituents is 1. The van der Waals surface area contributed by atoms with E-state index in [0.29, 0.717) is 36.1 Å². The Kier molecular flexibility index (Phi) is 7.07. The number of fused-ring (bicyclic) bond motifs is 1. The second-order valence-corrected chi connectivity index (χ2v) is 7.90. The lowest BCUT2D eigenvalue weighted by molar-refractivity contribution is -0.384. The molecule has 10 heteroatoms. The molecule has 174 valence electrons. The minimum Gasteiger partial charge on any atom is -0.354 e. The Morgan fingerprint density at radius 3 is 2.68 bits per heavy atom. The average Bonchev–Trinajstić information content (AvgIpc) is 3.25. The van der Waals surface area contributed by atoms with Crippen LogP contribution in [0.4, 0.5) is 5.69 Å². The van der Waals surface area contributed by atoms with E-state index in [4.69, 9.17) is 0 Å². The third kappa shape index (κ3) is 5.52. The number of amides is 1. The number of nitro groups is 1. The molecule has 4 aromatic rings. The molecule has 4 rings (SSSR count). The molecular weight excluding hydrogens is 436 g/mol. The summed E-state index contributed by atoms with van der Waals surface area (Å²) >= 11 is 0. The molecule has 0 saturated heterocycles. The van der Waals surface area contributed by atoms with Crippen LogP contribution in [0.2, 0.25) is 0 Å². The number of hydrogen-bond donors (Lipinski definition) is 1. The predicted octanol–water partition coefficient (Wildman–Crippen LogP) is 2.69. The molecule has 0 aliphatic heterocycles. The molecule has 0 bridgehead atoms. The minimum absolute atomic E-state index is 0.0281. The first kappa shape index (κ1) is 22.8. The standard InChI is InChI=1S/C24H24N6O4/c31-22(11-5-8-18-6-2-1-3-7-18)25-12-13-29-23-21(15-27-29)24(32)28(17-26-23)16-19-9-4-10-20(14-19)30(33)34/h1-4,6-7,9-10,14-15,17H,5,8,11-13,16H2,(H,25,31). The van der Waals surface area contributed by atoms with E-state index in [2.05, 4.69) is 15.4 Å². The van der Waals surface area contributed by atoms with Gasteiger partial charge in [0.1, 0.15) is 11.7 Å². The monoisotopic (exact) mass is 460 g/mol. The first-order valence-corrected chi connectivity index (χ1v) is 11.0. The van der Waals surface area contributed by atoms with Gasteiger partial charge in [-0.2, -0.15) is 5.10 Å². The first-order chi connectivity index (χ1) is 16.5. The minimum atomic E-state index is -0.472. The van der Waals surface area contributed by atoms with E-state index >= 15 is 0 Å². The van der Waals surface area contributed by atoms with Crippen molar-refractivity contribution in [3.8, 4) is 0 Å². The molecule has 1 N–H and O–H groups in total. The molecule has 0 aliphatic carbocycles. The summed E-state index contributed by atoms with van der Waals surface area (Å²) in [5, 5.41) is 18.4. The second-order valence-electron chi connectivity index (χ2n) is 7.90. The van der Waals surface area contributed by atoms with Crippen LogP contribution in [-0.4, -0.2) is 36.7 Å². The van der Waals surface area contributed by atoms with Gasteiger partial charge in [-0.05, 0) is 24.0 Å². The fourth-order valence-electron chi connectivity index (χ4n) is 3.73. The Bertz CT molecular complexity index is 1360. The number of carbonyl (C=O) groups excluding carboxylic acids is 1. The van der Waals surface area contributed by atoms with Crippen molar-refractivity contribution in [2.24, 2.45) is 0 Å².